The lowest BCUT2D eigenvalue weighted by atomic mass is 10.3. The number of rotatable bonds is 4. The molecule has 0 saturated carbocycles. The number of nitrogens with one attached hydrogen (secondary N) is 1. The zero-order valence-corrected chi connectivity index (χ0v) is 8.60. The molecule has 0 heterocycles. The van der Waals surface area contributed by atoms with Gasteiger partial charge in [0.25, 0.3) is 0 Å². The molecule has 0 radical (unpaired) electrons. The Kier molecular flexibility index (Phi) is 3.94. The van der Waals surface area contributed by atoms with Gasteiger partial charge in [0.2, 0.25) is 0 Å². The molecule has 0 aliphatic carbocycles. The van der Waals surface area contributed by atoms with Crippen molar-refractivity contribution in [1.29, 1.82) is 0 Å². The van der Waals surface area contributed by atoms with Gasteiger partial charge in [-0.25, -0.2) is 0 Å². The Labute approximate surface area is 81.1 Å². The third-order valence-corrected chi connectivity index (χ3v) is 1.72. The summed E-state index contributed by atoms with van der Waals surface area (Å²) in [4.78, 5) is 0. The topological polar surface area (TPSA) is 21.3 Å². The summed E-state index contributed by atoms with van der Waals surface area (Å²) in [5, 5.41) is 3.15. The normalized spacial score (nSPS) is 9.50. The van der Waals surface area contributed by atoms with Gasteiger partial charge in [0.1, 0.15) is 5.75 Å². The van der Waals surface area contributed by atoms with E-state index in [-0.39, 0.29) is 0 Å². The molecule has 1 aromatic carbocycles. The van der Waals surface area contributed by atoms with Crippen LogP contribution in [-0.4, -0.2) is 12.1 Å². The minimum absolute atomic E-state index is 0.695. The van der Waals surface area contributed by atoms with Crippen molar-refractivity contribution in [2.45, 2.75) is 6.92 Å². The van der Waals surface area contributed by atoms with E-state index in [0.29, 0.717) is 6.61 Å². The monoisotopic (exact) mass is 229 g/mol. The molecule has 0 spiro atoms. The van der Waals surface area contributed by atoms with Gasteiger partial charge in [-0.15, -0.1) is 0 Å². The number of benzene rings is 1. The van der Waals surface area contributed by atoms with Crippen LogP contribution in [0.3, 0.4) is 0 Å². The highest BCUT2D eigenvalue weighted by Crippen LogP contribution is 2.23. The second-order valence-electron chi connectivity index (χ2n) is 2.24. The molecule has 1 N–H and O–H groups in total. The van der Waals surface area contributed by atoms with E-state index in [1.807, 2.05) is 31.2 Å². The van der Waals surface area contributed by atoms with Crippen LogP contribution in [0, 0.1) is 0 Å². The Bertz CT molecular complexity index is 215. The van der Waals surface area contributed by atoms with E-state index in [9.17, 15) is 0 Å². The summed E-state index contributed by atoms with van der Waals surface area (Å²) >= 11 is 3.30. The van der Waals surface area contributed by atoms with Crippen LogP contribution < -0.4 is 10.1 Å². The predicted octanol–water partition coefficient (Wildman–Crippen LogP) is 2.85. The minimum atomic E-state index is 0.695. The lowest BCUT2D eigenvalue weighted by molar-refractivity contribution is 0.342. The molecule has 12 heavy (non-hydrogen) atoms. The van der Waals surface area contributed by atoms with Crippen LogP contribution in [0.25, 0.3) is 0 Å². The summed E-state index contributed by atoms with van der Waals surface area (Å²) < 4.78 is 5.41. The molecule has 0 atom stereocenters. The third-order valence-electron chi connectivity index (χ3n) is 1.44. The molecule has 0 aliphatic heterocycles. The maximum atomic E-state index is 5.41. The summed E-state index contributed by atoms with van der Waals surface area (Å²) in [6.45, 7) is 2.67. The second kappa shape index (κ2) is 5.04. The standard InChI is InChI=1S/C9H12BrNO/c1-2-12-9-6-4-3-5-8(9)11-7-10/h3-6,11H,2,7H2,1H3. The Morgan fingerprint density at radius 1 is 1.42 bits per heavy atom. The molecule has 1 rings (SSSR count). The summed E-state index contributed by atoms with van der Waals surface area (Å²) in [5.74, 6) is 0.902. The van der Waals surface area contributed by atoms with Gasteiger partial charge in [-0.2, -0.15) is 0 Å². The van der Waals surface area contributed by atoms with Crippen LogP contribution in [0.1, 0.15) is 6.92 Å². The van der Waals surface area contributed by atoms with Gasteiger partial charge in [-0.3, -0.25) is 0 Å². The molecule has 0 unspecified atom stereocenters. The Morgan fingerprint density at radius 2 is 2.17 bits per heavy atom. The smallest absolute Gasteiger partial charge is 0.142 e. The van der Waals surface area contributed by atoms with Crippen LogP contribution in [-0.2, 0) is 0 Å². The van der Waals surface area contributed by atoms with Crippen molar-refractivity contribution in [2.75, 3.05) is 17.4 Å². The van der Waals surface area contributed by atoms with Crippen molar-refractivity contribution in [3.05, 3.63) is 24.3 Å². The third kappa shape index (κ3) is 2.41. The van der Waals surface area contributed by atoms with Crippen LogP contribution in [0.4, 0.5) is 5.69 Å². The SMILES string of the molecule is CCOc1ccccc1NCBr. The molecule has 0 amide bonds. The summed E-state index contributed by atoms with van der Waals surface area (Å²) in [6.07, 6.45) is 0. The molecule has 3 heteroatoms. The first kappa shape index (κ1) is 9.39. The molecular weight excluding hydrogens is 218 g/mol. The number of para-hydroxylation sites is 2. The van der Waals surface area contributed by atoms with E-state index in [2.05, 4.69) is 21.2 Å². The highest BCUT2D eigenvalue weighted by atomic mass is 79.9. The highest BCUT2D eigenvalue weighted by molar-refractivity contribution is 9.09. The largest absolute Gasteiger partial charge is 0.492 e. The van der Waals surface area contributed by atoms with Gasteiger partial charge >= 0.3 is 0 Å². The molecule has 1 aromatic rings. The van der Waals surface area contributed by atoms with Crippen LogP contribution >= 0.6 is 15.9 Å². The van der Waals surface area contributed by atoms with E-state index in [4.69, 9.17) is 4.74 Å². The van der Waals surface area contributed by atoms with Gasteiger partial charge in [-0.05, 0) is 19.1 Å². The van der Waals surface area contributed by atoms with E-state index in [0.717, 1.165) is 16.9 Å². The predicted molar refractivity (Wildman–Crippen MR) is 55.0 cm³/mol. The fourth-order valence-corrected chi connectivity index (χ4v) is 1.27. The zero-order chi connectivity index (χ0) is 8.81. The van der Waals surface area contributed by atoms with E-state index < -0.39 is 0 Å². The quantitative estimate of drug-likeness (QED) is 0.634. The van der Waals surface area contributed by atoms with Gasteiger partial charge in [-0.1, -0.05) is 28.1 Å². The summed E-state index contributed by atoms with van der Waals surface area (Å²) in [5.41, 5.74) is 1.76. The van der Waals surface area contributed by atoms with Crippen LogP contribution in [0.2, 0.25) is 0 Å². The first-order valence-corrected chi connectivity index (χ1v) is 5.02. The molecular formula is C9H12BrNO. The lowest BCUT2D eigenvalue weighted by Crippen LogP contribution is -1.99. The number of alkyl halides is 1. The average molecular weight is 230 g/mol. The number of hydrogen-bond acceptors (Lipinski definition) is 2. The number of ether oxygens (including phenoxy) is 1. The first-order chi connectivity index (χ1) is 5.88. The zero-order valence-electron chi connectivity index (χ0n) is 7.01. The number of hydrogen-bond donors (Lipinski definition) is 1. The number of anilines is 1. The Morgan fingerprint density at radius 3 is 2.83 bits per heavy atom. The average Bonchev–Trinajstić information content (AvgIpc) is 2.09. The molecule has 66 valence electrons. The van der Waals surface area contributed by atoms with E-state index in [1.165, 1.54) is 0 Å². The van der Waals surface area contributed by atoms with Gasteiger partial charge in [0.05, 0.1) is 17.7 Å². The summed E-state index contributed by atoms with van der Waals surface area (Å²) in [7, 11) is 0. The minimum Gasteiger partial charge on any atom is -0.492 e. The van der Waals surface area contributed by atoms with Crippen LogP contribution in [0.15, 0.2) is 24.3 Å². The molecule has 0 aromatic heterocycles. The maximum absolute atomic E-state index is 5.41. The van der Waals surface area contributed by atoms with Crippen molar-refractivity contribution >= 4 is 21.6 Å². The van der Waals surface area contributed by atoms with Crippen LogP contribution in [0.5, 0.6) is 5.75 Å². The van der Waals surface area contributed by atoms with E-state index in [1.54, 1.807) is 0 Å². The highest BCUT2D eigenvalue weighted by Gasteiger charge is 1.98. The van der Waals surface area contributed by atoms with E-state index >= 15 is 0 Å². The fourth-order valence-electron chi connectivity index (χ4n) is 0.966. The van der Waals surface area contributed by atoms with Gasteiger partial charge < -0.3 is 10.1 Å². The van der Waals surface area contributed by atoms with Crippen molar-refractivity contribution in [3.63, 3.8) is 0 Å². The molecule has 0 saturated heterocycles. The maximum Gasteiger partial charge on any atom is 0.142 e. The lowest BCUT2D eigenvalue weighted by Gasteiger charge is -2.09. The second-order valence-corrected chi connectivity index (χ2v) is 2.80. The molecule has 0 fully saturated rings. The van der Waals surface area contributed by atoms with Crippen molar-refractivity contribution in [1.82, 2.24) is 0 Å². The summed E-state index contributed by atoms with van der Waals surface area (Å²) in [6, 6.07) is 7.89. The molecule has 0 bridgehead atoms. The first-order valence-electron chi connectivity index (χ1n) is 3.90. The van der Waals surface area contributed by atoms with Gasteiger partial charge in [0.15, 0.2) is 0 Å². The van der Waals surface area contributed by atoms with Gasteiger partial charge in [0, 0.05) is 0 Å². The van der Waals surface area contributed by atoms with Crippen molar-refractivity contribution < 1.29 is 4.74 Å². The number of halogens is 1. The Hall–Kier alpha value is -0.700. The fraction of sp³-hybridized carbons (Fsp3) is 0.333. The van der Waals surface area contributed by atoms with Crippen molar-refractivity contribution in [2.24, 2.45) is 0 Å². The molecule has 2 nitrogen and oxygen atoms in total. The molecule has 0 aliphatic rings. The Balaban J connectivity index is 2.77. The van der Waals surface area contributed by atoms with Crippen molar-refractivity contribution in [3.8, 4) is 5.75 Å².